The number of carbonyl (C=O) groups excluding carboxylic acids is 3. The summed E-state index contributed by atoms with van der Waals surface area (Å²) in [5.41, 5.74) is 5.07. The summed E-state index contributed by atoms with van der Waals surface area (Å²) in [6.45, 7) is 5.86. The van der Waals surface area contributed by atoms with Gasteiger partial charge in [0.15, 0.2) is 0 Å². The van der Waals surface area contributed by atoms with Crippen LogP contribution >= 0.6 is 0 Å². The fourth-order valence-corrected chi connectivity index (χ4v) is 3.68. The van der Waals surface area contributed by atoms with E-state index in [-0.39, 0.29) is 16.7 Å². The van der Waals surface area contributed by atoms with E-state index in [9.17, 15) is 14.4 Å². The van der Waals surface area contributed by atoms with E-state index in [4.69, 9.17) is 0 Å². The third kappa shape index (κ3) is 5.85. The number of rotatable bonds is 6. The highest BCUT2D eigenvalue weighted by Crippen LogP contribution is 2.22. The van der Waals surface area contributed by atoms with Crippen molar-refractivity contribution in [1.82, 2.24) is 0 Å². The van der Waals surface area contributed by atoms with Crippen LogP contribution in [0.1, 0.15) is 47.8 Å². The van der Waals surface area contributed by atoms with Gasteiger partial charge in [-0.1, -0.05) is 59.2 Å². The average molecular weight is 478 g/mol. The highest BCUT2D eigenvalue weighted by atomic mass is 16.2. The van der Waals surface area contributed by atoms with Crippen molar-refractivity contribution in [2.75, 3.05) is 16.0 Å². The largest absolute Gasteiger partial charge is 0.322 e. The summed E-state index contributed by atoms with van der Waals surface area (Å²) in [5.74, 6) is -1.53. The first-order valence-corrected chi connectivity index (χ1v) is 11.6. The summed E-state index contributed by atoms with van der Waals surface area (Å²) in [4.78, 5) is 40.0. The molecule has 6 nitrogen and oxygen atoms in total. The van der Waals surface area contributed by atoms with Crippen LogP contribution in [0.15, 0.2) is 91.0 Å². The van der Waals surface area contributed by atoms with Gasteiger partial charge in [-0.25, -0.2) is 0 Å². The number of benzene rings is 4. The maximum Gasteiger partial charge on any atom is 0.257 e. The molecular formula is C30H27N3O3. The molecule has 0 spiro atoms. The summed E-state index contributed by atoms with van der Waals surface area (Å²) in [7, 11) is 0. The predicted molar refractivity (Wildman–Crippen MR) is 144 cm³/mol. The van der Waals surface area contributed by atoms with Crippen LogP contribution in [0.2, 0.25) is 0 Å². The molecule has 0 aliphatic rings. The second kappa shape index (κ2) is 10.7. The lowest BCUT2D eigenvalue weighted by molar-refractivity contribution is 0.0978. The van der Waals surface area contributed by atoms with Crippen LogP contribution in [0.3, 0.4) is 0 Å². The number of hydrogen-bond donors (Lipinski definition) is 3. The maximum absolute atomic E-state index is 13.5. The van der Waals surface area contributed by atoms with Gasteiger partial charge in [-0.05, 0) is 69.3 Å². The monoisotopic (exact) mass is 477 g/mol. The molecule has 0 aliphatic carbocycles. The zero-order chi connectivity index (χ0) is 25.7. The quantitative estimate of drug-likeness (QED) is 0.302. The van der Waals surface area contributed by atoms with E-state index in [0.29, 0.717) is 17.1 Å². The Morgan fingerprint density at radius 3 is 1.08 bits per heavy atom. The van der Waals surface area contributed by atoms with Gasteiger partial charge >= 0.3 is 0 Å². The lowest BCUT2D eigenvalue weighted by atomic mass is 9.98. The van der Waals surface area contributed by atoms with Crippen molar-refractivity contribution in [3.8, 4) is 0 Å². The second-order valence-electron chi connectivity index (χ2n) is 8.69. The Balaban J connectivity index is 1.71. The highest BCUT2D eigenvalue weighted by Gasteiger charge is 2.25. The molecule has 6 heteroatoms. The van der Waals surface area contributed by atoms with Crippen molar-refractivity contribution in [1.29, 1.82) is 0 Å². The molecule has 36 heavy (non-hydrogen) atoms. The standard InChI is InChI=1S/C30H27N3O3/c1-19-7-13-22(14-8-19)31-28(34)25-5-4-6-26(29(35)32-23-15-9-20(2)10-16-23)27(25)30(36)33-24-17-11-21(3)12-18-24/h4-18H,1-3H3,(H,31,34)(H,32,35)(H,33,36). The number of aryl methyl sites for hydroxylation is 3. The Morgan fingerprint density at radius 2 is 0.750 bits per heavy atom. The number of anilines is 3. The maximum atomic E-state index is 13.5. The van der Waals surface area contributed by atoms with Crippen LogP contribution in [0.4, 0.5) is 17.1 Å². The molecule has 0 radical (unpaired) electrons. The van der Waals surface area contributed by atoms with Gasteiger partial charge in [-0.15, -0.1) is 0 Å². The van der Waals surface area contributed by atoms with Gasteiger partial charge < -0.3 is 16.0 Å². The number of nitrogens with one attached hydrogen (secondary N) is 3. The molecule has 3 amide bonds. The third-order valence-corrected chi connectivity index (χ3v) is 5.71. The van der Waals surface area contributed by atoms with E-state index in [0.717, 1.165) is 16.7 Å². The van der Waals surface area contributed by atoms with Crippen LogP contribution in [-0.2, 0) is 0 Å². The van der Waals surface area contributed by atoms with Crippen molar-refractivity contribution in [3.63, 3.8) is 0 Å². The van der Waals surface area contributed by atoms with Crippen LogP contribution < -0.4 is 16.0 Å². The molecule has 4 aromatic rings. The van der Waals surface area contributed by atoms with Gasteiger partial charge in [0.25, 0.3) is 17.7 Å². The van der Waals surface area contributed by atoms with Gasteiger partial charge in [-0.2, -0.15) is 0 Å². The Kier molecular flexibility index (Phi) is 7.25. The molecule has 0 saturated heterocycles. The predicted octanol–water partition coefficient (Wildman–Crippen LogP) is 6.37. The van der Waals surface area contributed by atoms with E-state index in [1.165, 1.54) is 12.1 Å². The molecule has 0 fully saturated rings. The fourth-order valence-electron chi connectivity index (χ4n) is 3.68. The van der Waals surface area contributed by atoms with E-state index < -0.39 is 17.7 Å². The van der Waals surface area contributed by atoms with Crippen LogP contribution in [0.5, 0.6) is 0 Å². The Hall–Kier alpha value is -4.71. The van der Waals surface area contributed by atoms with Crippen molar-refractivity contribution >= 4 is 34.8 Å². The third-order valence-electron chi connectivity index (χ3n) is 5.71. The molecule has 3 N–H and O–H groups in total. The van der Waals surface area contributed by atoms with Gasteiger partial charge in [0.1, 0.15) is 0 Å². The van der Waals surface area contributed by atoms with Crippen molar-refractivity contribution in [3.05, 3.63) is 124 Å². The van der Waals surface area contributed by atoms with Crippen molar-refractivity contribution < 1.29 is 14.4 Å². The van der Waals surface area contributed by atoms with Crippen molar-refractivity contribution in [2.24, 2.45) is 0 Å². The number of carbonyl (C=O) groups is 3. The minimum atomic E-state index is -0.553. The summed E-state index contributed by atoms with van der Waals surface area (Å²) in [5, 5.41) is 8.47. The summed E-state index contributed by atoms with van der Waals surface area (Å²) in [6.07, 6.45) is 0. The van der Waals surface area contributed by atoms with Gasteiger partial charge in [0, 0.05) is 17.1 Å². The lowest BCUT2D eigenvalue weighted by Crippen LogP contribution is -2.25. The Labute approximate surface area is 210 Å². The summed E-state index contributed by atoms with van der Waals surface area (Å²) >= 11 is 0. The molecule has 0 aromatic heterocycles. The highest BCUT2D eigenvalue weighted by molar-refractivity contribution is 6.21. The normalized spacial score (nSPS) is 10.4. The number of hydrogen-bond acceptors (Lipinski definition) is 3. The van der Waals surface area contributed by atoms with Crippen LogP contribution in [-0.4, -0.2) is 17.7 Å². The van der Waals surface area contributed by atoms with E-state index in [1.54, 1.807) is 42.5 Å². The zero-order valence-electron chi connectivity index (χ0n) is 20.4. The Morgan fingerprint density at radius 1 is 0.444 bits per heavy atom. The molecule has 0 aliphatic heterocycles. The zero-order valence-corrected chi connectivity index (χ0v) is 20.4. The molecule has 0 heterocycles. The summed E-state index contributed by atoms with van der Waals surface area (Å²) in [6, 6.07) is 26.6. The first-order valence-electron chi connectivity index (χ1n) is 11.6. The molecule has 0 saturated carbocycles. The summed E-state index contributed by atoms with van der Waals surface area (Å²) < 4.78 is 0. The van der Waals surface area contributed by atoms with Crippen LogP contribution in [0, 0.1) is 20.8 Å². The van der Waals surface area contributed by atoms with Gasteiger partial charge in [0.05, 0.1) is 16.7 Å². The molecule has 4 aromatic carbocycles. The van der Waals surface area contributed by atoms with Crippen LogP contribution in [0.25, 0.3) is 0 Å². The molecular weight excluding hydrogens is 450 g/mol. The van der Waals surface area contributed by atoms with Crippen molar-refractivity contribution in [2.45, 2.75) is 20.8 Å². The lowest BCUT2D eigenvalue weighted by Gasteiger charge is -2.15. The molecule has 0 atom stereocenters. The minimum absolute atomic E-state index is 0.00713. The average Bonchev–Trinajstić information content (AvgIpc) is 2.87. The minimum Gasteiger partial charge on any atom is -0.322 e. The topological polar surface area (TPSA) is 87.3 Å². The fraction of sp³-hybridized carbons (Fsp3) is 0.100. The number of amides is 3. The SMILES string of the molecule is Cc1ccc(NC(=O)c2cccc(C(=O)Nc3ccc(C)cc3)c2C(=O)Nc2ccc(C)cc2)cc1. The smallest absolute Gasteiger partial charge is 0.257 e. The molecule has 180 valence electrons. The van der Waals surface area contributed by atoms with Gasteiger partial charge in [-0.3, -0.25) is 14.4 Å². The molecule has 0 bridgehead atoms. The Bertz CT molecular complexity index is 1330. The second-order valence-corrected chi connectivity index (χ2v) is 8.69. The van der Waals surface area contributed by atoms with E-state index >= 15 is 0 Å². The van der Waals surface area contributed by atoms with Gasteiger partial charge in [0.2, 0.25) is 0 Å². The first-order chi connectivity index (χ1) is 17.3. The molecule has 0 unspecified atom stereocenters. The van der Waals surface area contributed by atoms with E-state index in [2.05, 4.69) is 16.0 Å². The molecule has 4 rings (SSSR count). The van der Waals surface area contributed by atoms with E-state index in [1.807, 2.05) is 57.2 Å². The first kappa shape index (κ1) is 24.4.